The fourth-order valence-electron chi connectivity index (χ4n) is 2.14. The smallest absolute Gasteiger partial charge is 0.265 e. The van der Waals surface area contributed by atoms with Gasteiger partial charge in [0.25, 0.3) is 5.56 Å². The van der Waals surface area contributed by atoms with Gasteiger partial charge in [0.15, 0.2) is 0 Å². The molecule has 0 spiro atoms. The number of pyridine rings is 1. The van der Waals surface area contributed by atoms with Crippen molar-refractivity contribution in [1.29, 1.82) is 0 Å². The minimum atomic E-state index is -0.0238. The van der Waals surface area contributed by atoms with Crippen LogP contribution in [-0.2, 0) is 0 Å². The summed E-state index contributed by atoms with van der Waals surface area (Å²) in [4.78, 5) is 16.9. The third-order valence-electron chi connectivity index (χ3n) is 2.98. The number of fused-ring (bicyclic) bond motifs is 1. The van der Waals surface area contributed by atoms with Crippen molar-refractivity contribution in [3.8, 4) is 11.1 Å². The Balaban J connectivity index is 2.41. The van der Waals surface area contributed by atoms with Gasteiger partial charge >= 0.3 is 0 Å². The molecule has 2 heterocycles. The standard InChI is InChI=1S/C15H12N2O/c1-11-14(12-7-3-2-4-8-12)15(18)17-10-6-5-9-13(17)16-11/h2-10H,1H3. The van der Waals surface area contributed by atoms with Crippen LogP contribution in [0.3, 0.4) is 0 Å². The lowest BCUT2D eigenvalue weighted by atomic mass is 10.1. The van der Waals surface area contributed by atoms with Crippen molar-refractivity contribution in [1.82, 2.24) is 9.38 Å². The zero-order valence-corrected chi connectivity index (χ0v) is 10.00. The summed E-state index contributed by atoms with van der Waals surface area (Å²) in [5.41, 5.74) is 2.99. The molecule has 0 aliphatic carbocycles. The van der Waals surface area contributed by atoms with Crippen molar-refractivity contribution >= 4 is 5.65 Å². The van der Waals surface area contributed by atoms with E-state index in [9.17, 15) is 4.79 Å². The molecule has 18 heavy (non-hydrogen) atoms. The average Bonchev–Trinajstić information content (AvgIpc) is 2.40. The number of hydrogen-bond donors (Lipinski definition) is 0. The molecule has 1 aromatic carbocycles. The van der Waals surface area contributed by atoms with E-state index in [4.69, 9.17) is 0 Å². The first-order valence-electron chi connectivity index (χ1n) is 5.81. The van der Waals surface area contributed by atoms with Crippen molar-refractivity contribution in [2.75, 3.05) is 0 Å². The van der Waals surface area contributed by atoms with E-state index in [0.717, 1.165) is 11.3 Å². The van der Waals surface area contributed by atoms with Crippen LogP contribution in [0.15, 0.2) is 59.5 Å². The van der Waals surface area contributed by atoms with Gasteiger partial charge in [0.05, 0.1) is 11.3 Å². The number of nitrogens with zero attached hydrogens (tertiary/aromatic N) is 2. The molecule has 0 amide bonds. The molecule has 0 N–H and O–H groups in total. The van der Waals surface area contributed by atoms with Crippen LogP contribution >= 0.6 is 0 Å². The summed E-state index contributed by atoms with van der Waals surface area (Å²) < 4.78 is 1.58. The van der Waals surface area contributed by atoms with Crippen LogP contribution in [-0.4, -0.2) is 9.38 Å². The lowest BCUT2D eigenvalue weighted by molar-refractivity contribution is 1.02. The molecule has 0 fully saturated rings. The third kappa shape index (κ3) is 1.61. The Bertz CT molecular complexity index is 760. The van der Waals surface area contributed by atoms with E-state index in [1.807, 2.05) is 55.5 Å². The first kappa shape index (κ1) is 10.7. The zero-order valence-electron chi connectivity index (χ0n) is 10.00. The summed E-state index contributed by atoms with van der Waals surface area (Å²) in [6.07, 6.45) is 1.75. The molecule has 2 aromatic heterocycles. The second-order valence-electron chi connectivity index (χ2n) is 4.17. The Hall–Kier alpha value is -2.42. The van der Waals surface area contributed by atoms with Gasteiger partial charge in [-0.05, 0) is 24.6 Å². The van der Waals surface area contributed by atoms with Crippen LogP contribution in [0.2, 0.25) is 0 Å². The molecular weight excluding hydrogens is 224 g/mol. The van der Waals surface area contributed by atoms with Crippen LogP contribution < -0.4 is 5.56 Å². The average molecular weight is 236 g/mol. The van der Waals surface area contributed by atoms with Crippen molar-refractivity contribution in [2.45, 2.75) is 6.92 Å². The van der Waals surface area contributed by atoms with E-state index >= 15 is 0 Å². The molecule has 0 saturated heterocycles. The van der Waals surface area contributed by atoms with Gasteiger partial charge < -0.3 is 0 Å². The SMILES string of the molecule is Cc1nc2ccccn2c(=O)c1-c1ccccc1. The molecule has 3 nitrogen and oxygen atoms in total. The van der Waals surface area contributed by atoms with Crippen molar-refractivity contribution in [2.24, 2.45) is 0 Å². The molecule has 3 heteroatoms. The van der Waals surface area contributed by atoms with Gasteiger partial charge in [-0.1, -0.05) is 36.4 Å². The Morgan fingerprint density at radius 3 is 2.50 bits per heavy atom. The predicted octanol–water partition coefficient (Wildman–Crippen LogP) is 2.67. The first-order chi connectivity index (χ1) is 8.77. The summed E-state index contributed by atoms with van der Waals surface area (Å²) in [7, 11) is 0. The Morgan fingerprint density at radius 2 is 1.72 bits per heavy atom. The van der Waals surface area contributed by atoms with Gasteiger partial charge in [-0.15, -0.1) is 0 Å². The summed E-state index contributed by atoms with van der Waals surface area (Å²) in [5.74, 6) is 0. The topological polar surface area (TPSA) is 34.4 Å². The maximum absolute atomic E-state index is 12.5. The highest BCUT2D eigenvalue weighted by molar-refractivity contribution is 5.66. The van der Waals surface area contributed by atoms with Gasteiger partial charge in [0.2, 0.25) is 0 Å². The molecule has 0 radical (unpaired) electrons. The quantitative estimate of drug-likeness (QED) is 0.651. The molecular formula is C15H12N2O. The fourth-order valence-corrected chi connectivity index (χ4v) is 2.14. The molecule has 0 atom stereocenters. The van der Waals surface area contributed by atoms with Crippen LogP contribution in [0.25, 0.3) is 16.8 Å². The van der Waals surface area contributed by atoms with Gasteiger partial charge in [0, 0.05) is 6.20 Å². The number of aryl methyl sites for hydroxylation is 1. The van der Waals surface area contributed by atoms with E-state index in [1.54, 1.807) is 10.6 Å². The molecule has 0 saturated carbocycles. The van der Waals surface area contributed by atoms with Gasteiger partial charge in [-0.2, -0.15) is 0 Å². The van der Waals surface area contributed by atoms with Gasteiger partial charge in [-0.25, -0.2) is 4.98 Å². The Labute approximate surface area is 104 Å². The summed E-state index contributed by atoms with van der Waals surface area (Å²) in [6.45, 7) is 1.87. The molecule has 0 bridgehead atoms. The number of rotatable bonds is 1. The van der Waals surface area contributed by atoms with E-state index < -0.39 is 0 Å². The van der Waals surface area contributed by atoms with Crippen LogP contribution in [0.5, 0.6) is 0 Å². The predicted molar refractivity (Wildman–Crippen MR) is 71.6 cm³/mol. The molecule has 0 aliphatic rings. The maximum Gasteiger partial charge on any atom is 0.265 e. The highest BCUT2D eigenvalue weighted by Gasteiger charge is 2.10. The molecule has 0 unspecified atom stereocenters. The summed E-state index contributed by atoms with van der Waals surface area (Å²) in [6, 6.07) is 15.2. The Kier molecular flexibility index (Phi) is 2.45. The first-order valence-corrected chi connectivity index (χ1v) is 5.81. The van der Waals surface area contributed by atoms with Gasteiger partial charge in [0.1, 0.15) is 5.65 Å². The number of hydrogen-bond acceptors (Lipinski definition) is 2. The molecule has 0 aliphatic heterocycles. The number of aromatic nitrogens is 2. The van der Waals surface area contributed by atoms with Crippen LogP contribution in [0.4, 0.5) is 0 Å². The van der Waals surface area contributed by atoms with Crippen molar-refractivity contribution in [3.05, 3.63) is 70.8 Å². The third-order valence-corrected chi connectivity index (χ3v) is 2.98. The van der Waals surface area contributed by atoms with Gasteiger partial charge in [-0.3, -0.25) is 9.20 Å². The molecule has 3 rings (SSSR count). The maximum atomic E-state index is 12.5. The normalized spacial score (nSPS) is 10.7. The summed E-state index contributed by atoms with van der Waals surface area (Å²) in [5, 5.41) is 0. The number of benzene rings is 1. The highest BCUT2D eigenvalue weighted by atomic mass is 16.1. The van der Waals surface area contributed by atoms with E-state index in [-0.39, 0.29) is 5.56 Å². The van der Waals surface area contributed by atoms with E-state index in [0.29, 0.717) is 11.2 Å². The van der Waals surface area contributed by atoms with E-state index in [1.165, 1.54) is 0 Å². The second-order valence-corrected chi connectivity index (χ2v) is 4.17. The largest absolute Gasteiger partial charge is 0.268 e. The molecule has 3 aromatic rings. The fraction of sp³-hybridized carbons (Fsp3) is 0.0667. The second kappa shape index (κ2) is 4.11. The lowest BCUT2D eigenvalue weighted by Crippen LogP contribution is -2.18. The summed E-state index contributed by atoms with van der Waals surface area (Å²) >= 11 is 0. The minimum absolute atomic E-state index is 0.0238. The lowest BCUT2D eigenvalue weighted by Gasteiger charge is -2.07. The Morgan fingerprint density at radius 1 is 1.00 bits per heavy atom. The zero-order chi connectivity index (χ0) is 12.5. The highest BCUT2D eigenvalue weighted by Crippen LogP contribution is 2.18. The molecule has 88 valence electrons. The monoisotopic (exact) mass is 236 g/mol. The van der Waals surface area contributed by atoms with E-state index in [2.05, 4.69) is 4.98 Å². The van der Waals surface area contributed by atoms with Crippen LogP contribution in [0.1, 0.15) is 5.69 Å². The van der Waals surface area contributed by atoms with Crippen molar-refractivity contribution < 1.29 is 0 Å². The van der Waals surface area contributed by atoms with Crippen molar-refractivity contribution in [3.63, 3.8) is 0 Å². The van der Waals surface area contributed by atoms with Crippen LogP contribution in [0, 0.1) is 6.92 Å². The minimum Gasteiger partial charge on any atom is -0.268 e.